The Kier molecular flexibility index (Phi) is 2.41. The van der Waals surface area contributed by atoms with Gasteiger partial charge in [0.05, 0.1) is 6.61 Å². The zero-order valence-corrected chi connectivity index (χ0v) is 6.88. The van der Waals surface area contributed by atoms with Crippen molar-refractivity contribution in [3.63, 3.8) is 0 Å². The predicted molar refractivity (Wildman–Crippen MR) is 42.0 cm³/mol. The summed E-state index contributed by atoms with van der Waals surface area (Å²) in [4.78, 5) is 20.9. The number of cyclic esters (lactones) is 1. The van der Waals surface area contributed by atoms with Crippen LogP contribution in [0.3, 0.4) is 0 Å². The average Bonchev–Trinajstić information content (AvgIpc) is 2.33. The highest BCUT2D eigenvalue weighted by Gasteiger charge is 2.52. The first kappa shape index (κ1) is 10.4. The fourth-order valence-corrected chi connectivity index (χ4v) is 1.00. The first-order chi connectivity index (χ1) is 6.47. The van der Waals surface area contributed by atoms with Gasteiger partial charge in [-0.25, -0.2) is 4.79 Å². The van der Waals surface area contributed by atoms with Gasteiger partial charge in [0.25, 0.3) is 5.72 Å². The molecule has 0 aromatic carbocycles. The Balaban J connectivity index is 3.09. The van der Waals surface area contributed by atoms with E-state index >= 15 is 0 Å². The average molecular weight is 204 g/mol. The summed E-state index contributed by atoms with van der Waals surface area (Å²) in [6.45, 7) is -0.829. The van der Waals surface area contributed by atoms with E-state index in [1.54, 1.807) is 0 Å². The van der Waals surface area contributed by atoms with Gasteiger partial charge < -0.3 is 20.1 Å². The molecule has 0 spiro atoms. The maximum Gasteiger partial charge on any atom is 0.379 e. The molecule has 8 heteroatoms. The minimum absolute atomic E-state index is 0.829. The van der Waals surface area contributed by atoms with Crippen LogP contribution in [0.5, 0.6) is 0 Å². The monoisotopic (exact) mass is 204 g/mol. The van der Waals surface area contributed by atoms with Crippen molar-refractivity contribution >= 4 is 5.97 Å². The molecule has 8 nitrogen and oxygen atoms in total. The molecule has 5 N–H and O–H groups in total. The molecule has 0 fully saturated rings. The second-order valence-corrected chi connectivity index (χ2v) is 2.68. The summed E-state index contributed by atoms with van der Waals surface area (Å²) < 4.78 is 4.33. The second kappa shape index (κ2) is 3.24. The summed E-state index contributed by atoms with van der Waals surface area (Å²) >= 11 is 0. The molecule has 0 bridgehead atoms. The molecule has 0 saturated carbocycles. The summed E-state index contributed by atoms with van der Waals surface area (Å²) in [6, 6.07) is -1.57. The number of aliphatic hydroxyl groups is 3. The Morgan fingerprint density at radius 3 is 2.43 bits per heavy atom. The van der Waals surface area contributed by atoms with E-state index in [4.69, 9.17) is 21.1 Å². The summed E-state index contributed by atoms with van der Waals surface area (Å²) in [5.74, 6) is -3.37. The molecule has 0 amide bonds. The van der Waals surface area contributed by atoms with E-state index in [0.717, 1.165) is 0 Å². The van der Waals surface area contributed by atoms with Crippen LogP contribution in [-0.4, -0.2) is 39.7 Å². The Labute approximate surface area is 77.6 Å². The number of aliphatic hydroxyl groups excluding tert-OH is 3. The zero-order chi connectivity index (χ0) is 10.9. The van der Waals surface area contributed by atoms with Crippen LogP contribution in [0.15, 0.2) is 16.7 Å². The van der Waals surface area contributed by atoms with Gasteiger partial charge in [0.2, 0.25) is 11.5 Å². The minimum atomic E-state index is -2.28. The van der Waals surface area contributed by atoms with Crippen LogP contribution in [0.1, 0.15) is 0 Å². The molecule has 14 heavy (non-hydrogen) atoms. The summed E-state index contributed by atoms with van der Waals surface area (Å²) in [5, 5.41) is 29.1. The molecule has 0 aromatic heterocycles. The highest BCUT2D eigenvalue weighted by molar-refractivity contribution is 5.89. The molecule has 0 aromatic rings. The molecule has 2 unspecified atom stereocenters. The van der Waals surface area contributed by atoms with Gasteiger partial charge in [0.15, 0.2) is 6.04 Å². The predicted octanol–water partition coefficient (Wildman–Crippen LogP) is -1.35. The van der Waals surface area contributed by atoms with Gasteiger partial charge in [-0.1, -0.05) is 5.18 Å². The lowest BCUT2D eigenvalue weighted by Crippen LogP contribution is -2.53. The van der Waals surface area contributed by atoms with Gasteiger partial charge in [-0.05, 0) is 0 Å². The van der Waals surface area contributed by atoms with E-state index in [1.165, 1.54) is 0 Å². The molecular weight excluding hydrogens is 196 g/mol. The molecular formula is C6H8N2O6. The molecule has 0 aliphatic carbocycles. The molecule has 2 atom stereocenters. The van der Waals surface area contributed by atoms with Crippen LogP contribution in [0.25, 0.3) is 0 Å². The third-order valence-corrected chi connectivity index (χ3v) is 1.84. The van der Waals surface area contributed by atoms with Gasteiger partial charge in [-0.15, -0.1) is 0 Å². The first-order valence-electron chi connectivity index (χ1n) is 3.55. The van der Waals surface area contributed by atoms with Crippen molar-refractivity contribution in [3.05, 3.63) is 16.4 Å². The van der Waals surface area contributed by atoms with Crippen LogP contribution in [0.4, 0.5) is 0 Å². The Morgan fingerprint density at radius 1 is 1.57 bits per heavy atom. The lowest BCUT2D eigenvalue weighted by Gasteiger charge is -2.25. The maximum atomic E-state index is 10.7. The van der Waals surface area contributed by atoms with Crippen molar-refractivity contribution in [2.24, 2.45) is 10.9 Å². The third-order valence-electron chi connectivity index (χ3n) is 1.84. The zero-order valence-electron chi connectivity index (χ0n) is 6.88. The fraction of sp³-hybridized carbons (Fsp3) is 0.500. The number of hydrogen-bond acceptors (Lipinski definition) is 8. The highest BCUT2D eigenvalue weighted by atomic mass is 16.6. The van der Waals surface area contributed by atoms with Gasteiger partial charge in [-0.2, -0.15) is 4.91 Å². The number of nitrogens with zero attached hydrogens (tertiary/aromatic N) is 1. The third kappa shape index (κ3) is 1.20. The molecule has 1 rings (SSSR count). The van der Waals surface area contributed by atoms with E-state index in [9.17, 15) is 9.70 Å². The molecule has 1 aliphatic rings. The van der Waals surface area contributed by atoms with E-state index in [-0.39, 0.29) is 0 Å². The molecule has 78 valence electrons. The Bertz CT molecular complexity index is 313. The van der Waals surface area contributed by atoms with Crippen molar-refractivity contribution in [1.29, 1.82) is 0 Å². The van der Waals surface area contributed by atoms with Gasteiger partial charge in [-0.3, -0.25) is 5.73 Å². The maximum absolute atomic E-state index is 10.7. The minimum Gasteiger partial charge on any atom is -0.504 e. The van der Waals surface area contributed by atoms with E-state index in [1.807, 2.05) is 0 Å². The molecule has 0 radical (unpaired) electrons. The standard InChI is InChI=1S/C6H8N2O6/c7-6(2(1-9)8-13)4(11)3(10)5(12)14-6/h2,9-11H,1,7H2. The number of ether oxygens (including phenoxy) is 1. The SMILES string of the molecule is NC1(C(CO)N=O)OC(=O)C(O)=C1O. The van der Waals surface area contributed by atoms with E-state index in [2.05, 4.69) is 9.91 Å². The lowest BCUT2D eigenvalue weighted by atomic mass is 10.1. The van der Waals surface area contributed by atoms with Gasteiger partial charge in [0, 0.05) is 0 Å². The molecule has 1 aliphatic heterocycles. The van der Waals surface area contributed by atoms with Crippen molar-refractivity contribution in [2.45, 2.75) is 11.8 Å². The lowest BCUT2D eigenvalue weighted by molar-refractivity contribution is -0.152. The molecule has 1 heterocycles. The van der Waals surface area contributed by atoms with Gasteiger partial charge in [0.1, 0.15) is 0 Å². The van der Waals surface area contributed by atoms with Crippen LogP contribution < -0.4 is 5.73 Å². The highest BCUT2D eigenvalue weighted by Crippen LogP contribution is 2.29. The number of carbonyl (C=O) groups is 1. The van der Waals surface area contributed by atoms with E-state index in [0.29, 0.717) is 0 Å². The fourth-order valence-electron chi connectivity index (χ4n) is 1.00. The quantitative estimate of drug-likeness (QED) is 0.329. The number of hydrogen-bond donors (Lipinski definition) is 4. The first-order valence-corrected chi connectivity index (χ1v) is 3.55. The number of nitrogens with two attached hydrogens (primary N) is 1. The second-order valence-electron chi connectivity index (χ2n) is 2.68. The number of nitroso groups, excluding NO2 is 1. The topological polar surface area (TPSA) is 142 Å². The van der Waals surface area contributed by atoms with Gasteiger partial charge >= 0.3 is 5.97 Å². The van der Waals surface area contributed by atoms with Crippen molar-refractivity contribution < 1.29 is 24.9 Å². The van der Waals surface area contributed by atoms with Crippen LogP contribution in [0, 0.1) is 4.91 Å². The number of esters is 1. The Hall–Kier alpha value is -1.67. The van der Waals surface area contributed by atoms with Crippen LogP contribution >= 0.6 is 0 Å². The van der Waals surface area contributed by atoms with Crippen molar-refractivity contribution in [2.75, 3.05) is 6.61 Å². The van der Waals surface area contributed by atoms with Crippen LogP contribution in [-0.2, 0) is 9.53 Å². The van der Waals surface area contributed by atoms with Crippen molar-refractivity contribution in [3.8, 4) is 0 Å². The van der Waals surface area contributed by atoms with Crippen molar-refractivity contribution in [1.82, 2.24) is 0 Å². The Morgan fingerprint density at radius 2 is 2.14 bits per heavy atom. The normalized spacial score (nSPS) is 28.9. The summed E-state index contributed by atoms with van der Waals surface area (Å²) in [5.41, 5.74) is 3.00. The van der Waals surface area contributed by atoms with E-state index < -0.39 is 35.9 Å². The largest absolute Gasteiger partial charge is 0.504 e. The van der Waals surface area contributed by atoms with Crippen LogP contribution in [0.2, 0.25) is 0 Å². The summed E-state index contributed by atoms with van der Waals surface area (Å²) in [7, 11) is 0. The smallest absolute Gasteiger partial charge is 0.379 e. The number of rotatable bonds is 3. The summed E-state index contributed by atoms with van der Waals surface area (Å²) in [6.07, 6.45) is 0. The molecule has 0 saturated heterocycles. The number of carbonyl (C=O) groups excluding carboxylic acids is 1.